The number of halogens is 2. The molecule has 0 fully saturated rings. The number of benzene rings is 2. The van der Waals surface area contributed by atoms with E-state index in [9.17, 15) is 13.9 Å². The van der Waals surface area contributed by atoms with E-state index in [0.717, 1.165) is 23.6 Å². The first-order chi connectivity index (χ1) is 8.11. The fourth-order valence-electron chi connectivity index (χ4n) is 1.71. The lowest BCUT2D eigenvalue weighted by molar-refractivity contribution is 0.407. The van der Waals surface area contributed by atoms with Crippen molar-refractivity contribution in [2.45, 2.75) is 13.3 Å². The highest BCUT2D eigenvalue weighted by atomic mass is 19.2. The Morgan fingerprint density at radius 3 is 2.47 bits per heavy atom. The van der Waals surface area contributed by atoms with Crippen molar-refractivity contribution in [1.82, 2.24) is 0 Å². The average molecular weight is 234 g/mol. The van der Waals surface area contributed by atoms with E-state index in [0.29, 0.717) is 5.56 Å². The molecule has 0 spiro atoms. The van der Waals surface area contributed by atoms with Crippen LogP contribution in [0.25, 0.3) is 11.1 Å². The van der Waals surface area contributed by atoms with E-state index < -0.39 is 17.4 Å². The molecule has 1 nitrogen and oxygen atoms in total. The van der Waals surface area contributed by atoms with Crippen LogP contribution in [0.4, 0.5) is 8.78 Å². The van der Waals surface area contributed by atoms with Gasteiger partial charge in [-0.2, -0.15) is 4.39 Å². The van der Waals surface area contributed by atoms with Gasteiger partial charge in [0, 0.05) is 0 Å². The van der Waals surface area contributed by atoms with Crippen LogP contribution in [0.5, 0.6) is 5.75 Å². The summed E-state index contributed by atoms with van der Waals surface area (Å²) < 4.78 is 26.1. The van der Waals surface area contributed by atoms with Crippen molar-refractivity contribution in [1.29, 1.82) is 0 Å². The van der Waals surface area contributed by atoms with Gasteiger partial charge in [0.15, 0.2) is 17.4 Å². The van der Waals surface area contributed by atoms with E-state index in [1.165, 1.54) is 6.07 Å². The summed E-state index contributed by atoms with van der Waals surface area (Å²) in [5.41, 5.74) is 2.34. The minimum absolute atomic E-state index is 0.469. The van der Waals surface area contributed by atoms with Crippen LogP contribution >= 0.6 is 0 Å². The molecule has 0 aliphatic rings. The summed E-state index contributed by atoms with van der Waals surface area (Å²) in [5, 5.41) is 9.25. The Morgan fingerprint density at radius 2 is 1.82 bits per heavy atom. The third kappa shape index (κ3) is 2.28. The molecule has 2 rings (SSSR count). The van der Waals surface area contributed by atoms with Gasteiger partial charge in [0.05, 0.1) is 0 Å². The van der Waals surface area contributed by atoms with Crippen LogP contribution in [-0.2, 0) is 6.42 Å². The molecule has 0 saturated heterocycles. The largest absolute Gasteiger partial charge is 0.505 e. The zero-order valence-electron chi connectivity index (χ0n) is 9.37. The Morgan fingerprint density at radius 1 is 1.06 bits per heavy atom. The molecule has 2 aromatic carbocycles. The highest BCUT2D eigenvalue weighted by Gasteiger charge is 2.10. The lowest BCUT2D eigenvalue weighted by Crippen LogP contribution is -1.88. The van der Waals surface area contributed by atoms with E-state index >= 15 is 0 Å². The number of phenols is 1. The van der Waals surface area contributed by atoms with Crippen molar-refractivity contribution in [3.63, 3.8) is 0 Å². The van der Waals surface area contributed by atoms with Crippen LogP contribution in [0.3, 0.4) is 0 Å². The van der Waals surface area contributed by atoms with E-state index in [2.05, 4.69) is 0 Å². The highest BCUT2D eigenvalue weighted by molar-refractivity contribution is 5.66. The van der Waals surface area contributed by atoms with Crippen LogP contribution < -0.4 is 0 Å². The monoisotopic (exact) mass is 234 g/mol. The molecule has 17 heavy (non-hydrogen) atoms. The molecule has 0 unspecified atom stereocenters. The maximum atomic E-state index is 13.2. The summed E-state index contributed by atoms with van der Waals surface area (Å²) >= 11 is 0. The second-order valence-corrected chi connectivity index (χ2v) is 3.85. The first-order valence-electron chi connectivity index (χ1n) is 5.39. The number of hydrogen-bond donors (Lipinski definition) is 1. The number of hydrogen-bond acceptors (Lipinski definition) is 1. The average Bonchev–Trinajstić information content (AvgIpc) is 2.35. The molecular weight excluding hydrogens is 222 g/mol. The zero-order valence-corrected chi connectivity index (χ0v) is 9.37. The van der Waals surface area contributed by atoms with Crippen molar-refractivity contribution < 1.29 is 13.9 Å². The standard InChI is InChI=1S/C14H12F2O/c1-2-9-4-3-5-10(6-9)11-7-12(15)14(16)13(17)8-11/h3-8,17H,2H2,1H3. The third-order valence-corrected chi connectivity index (χ3v) is 2.68. The summed E-state index contributed by atoms with van der Waals surface area (Å²) in [6.45, 7) is 2.02. The van der Waals surface area contributed by atoms with E-state index in [1.807, 2.05) is 25.1 Å². The molecule has 0 saturated carbocycles. The lowest BCUT2D eigenvalue weighted by atomic mass is 10.0. The molecular formula is C14H12F2O. The molecule has 0 radical (unpaired) electrons. The SMILES string of the molecule is CCc1cccc(-c2cc(O)c(F)c(F)c2)c1. The van der Waals surface area contributed by atoms with Gasteiger partial charge in [-0.1, -0.05) is 31.2 Å². The van der Waals surface area contributed by atoms with Gasteiger partial charge in [0.25, 0.3) is 0 Å². The van der Waals surface area contributed by atoms with Crippen molar-refractivity contribution in [3.8, 4) is 16.9 Å². The first kappa shape index (κ1) is 11.6. The Hall–Kier alpha value is -1.90. The van der Waals surface area contributed by atoms with Gasteiger partial charge in [-0.15, -0.1) is 0 Å². The van der Waals surface area contributed by atoms with Crippen molar-refractivity contribution in [2.24, 2.45) is 0 Å². The predicted molar refractivity (Wildman–Crippen MR) is 62.8 cm³/mol. The summed E-state index contributed by atoms with van der Waals surface area (Å²) in [4.78, 5) is 0. The molecule has 2 aromatic rings. The summed E-state index contributed by atoms with van der Waals surface area (Å²) in [6, 6.07) is 9.82. The number of aryl methyl sites for hydroxylation is 1. The molecule has 0 aliphatic carbocycles. The second kappa shape index (κ2) is 4.53. The normalized spacial score (nSPS) is 10.5. The fraction of sp³-hybridized carbons (Fsp3) is 0.143. The highest BCUT2D eigenvalue weighted by Crippen LogP contribution is 2.28. The fourth-order valence-corrected chi connectivity index (χ4v) is 1.71. The number of aromatic hydroxyl groups is 1. The number of phenolic OH excluding ortho intramolecular Hbond substituents is 1. The van der Waals surface area contributed by atoms with Crippen LogP contribution in [0.15, 0.2) is 36.4 Å². The zero-order chi connectivity index (χ0) is 12.4. The first-order valence-corrected chi connectivity index (χ1v) is 5.39. The maximum Gasteiger partial charge on any atom is 0.200 e. The summed E-state index contributed by atoms with van der Waals surface area (Å²) in [6.07, 6.45) is 0.865. The molecule has 0 amide bonds. The quantitative estimate of drug-likeness (QED) is 0.835. The van der Waals surface area contributed by atoms with Crippen molar-refractivity contribution in [2.75, 3.05) is 0 Å². The van der Waals surface area contributed by atoms with Gasteiger partial charge < -0.3 is 5.11 Å². The minimum atomic E-state index is -1.21. The second-order valence-electron chi connectivity index (χ2n) is 3.85. The van der Waals surface area contributed by atoms with E-state index in [4.69, 9.17) is 0 Å². The molecule has 3 heteroatoms. The molecule has 1 N–H and O–H groups in total. The third-order valence-electron chi connectivity index (χ3n) is 2.68. The Labute approximate surface area is 98.3 Å². The number of rotatable bonds is 2. The molecule has 0 aliphatic heterocycles. The van der Waals surface area contributed by atoms with E-state index in [1.54, 1.807) is 6.07 Å². The van der Waals surface area contributed by atoms with Gasteiger partial charge in [-0.25, -0.2) is 4.39 Å². The van der Waals surface area contributed by atoms with Crippen LogP contribution in [-0.4, -0.2) is 5.11 Å². The Bertz CT molecular complexity index is 527. The Balaban J connectivity index is 2.52. The van der Waals surface area contributed by atoms with Gasteiger partial charge in [0.2, 0.25) is 0 Å². The summed E-state index contributed by atoms with van der Waals surface area (Å²) in [7, 11) is 0. The maximum absolute atomic E-state index is 13.2. The predicted octanol–water partition coefficient (Wildman–Crippen LogP) is 3.90. The van der Waals surface area contributed by atoms with Crippen LogP contribution in [0.2, 0.25) is 0 Å². The molecule has 88 valence electrons. The van der Waals surface area contributed by atoms with Gasteiger partial charge in [-0.05, 0) is 35.2 Å². The molecule has 0 bridgehead atoms. The van der Waals surface area contributed by atoms with Gasteiger partial charge in [0.1, 0.15) is 0 Å². The topological polar surface area (TPSA) is 20.2 Å². The van der Waals surface area contributed by atoms with Crippen LogP contribution in [0, 0.1) is 11.6 Å². The van der Waals surface area contributed by atoms with Gasteiger partial charge >= 0.3 is 0 Å². The molecule has 0 heterocycles. The van der Waals surface area contributed by atoms with Crippen LogP contribution in [0.1, 0.15) is 12.5 Å². The minimum Gasteiger partial charge on any atom is -0.505 e. The van der Waals surface area contributed by atoms with Crippen molar-refractivity contribution >= 4 is 0 Å². The molecule has 0 atom stereocenters. The lowest BCUT2D eigenvalue weighted by Gasteiger charge is -2.06. The smallest absolute Gasteiger partial charge is 0.200 e. The summed E-state index contributed by atoms with van der Waals surface area (Å²) in [5.74, 6) is -2.91. The molecule has 0 aromatic heterocycles. The van der Waals surface area contributed by atoms with Gasteiger partial charge in [-0.3, -0.25) is 0 Å². The Kier molecular flexibility index (Phi) is 3.09. The van der Waals surface area contributed by atoms with E-state index in [-0.39, 0.29) is 0 Å². The van der Waals surface area contributed by atoms with Crippen molar-refractivity contribution in [3.05, 3.63) is 53.6 Å².